The van der Waals surface area contributed by atoms with E-state index < -0.39 is 5.92 Å². The monoisotopic (exact) mass is 638 g/mol. The summed E-state index contributed by atoms with van der Waals surface area (Å²) in [4.78, 5) is 20.1. The van der Waals surface area contributed by atoms with Crippen LogP contribution in [0, 0.1) is 22.7 Å². The molecule has 2 atom stereocenters. The first-order valence-electron chi connectivity index (χ1n) is 14.1. The van der Waals surface area contributed by atoms with Gasteiger partial charge >= 0.3 is 6.01 Å². The van der Waals surface area contributed by atoms with Crippen LogP contribution < -0.4 is 26.0 Å². The van der Waals surface area contributed by atoms with Crippen LogP contribution in [0.5, 0.6) is 6.01 Å². The minimum absolute atomic E-state index is 0.0520. The second-order valence-electron chi connectivity index (χ2n) is 11.6. The van der Waals surface area contributed by atoms with E-state index in [9.17, 15) is 19.3 Å². The molecule has 4 N–H and O–H groups in total. The number of fused-ring (bicyclic) bond motifs is 2. The summed E-state index contributed by atoms with van der Waals surface area (Å²) in [6, 6.07) is 7.77. The molecule has 2 fully saturated rings. The van der Waals surface area contributed by atoms with Crippen molar-refractivity contribution in [2.75, 3.05) is 61.6 Å². The summed E-state index contributed by atoms with van der Waals surface area (Å²) >= 11 is 3.23. The van der Waals surface area contributed by atoms with Gasteiger partial charge in [0.1, 0.15) is 35.1 Å². The Morgan fingerprint density at radius 1 is 1.20 bits per heavy atom. The molecule has 3 aliphatic rings. The van der Waals surface area contributed by atoms with Crippen LogP contribution >= 0.6 is 23.1 Å². The first-order chi connectivity index (χ1) is 21.0. The van der Waals surface area contributed by atoms with E-state index in [1.54, 1.807) is 36.0 Å². The number of nitriles is 2. The summed E-state index contributed by atoms with van der Waals surface area (Å²) in [6.45, 7) is 2.76. The van der Waals surface area contributed by atoms with Crippen molar-refractivity contribution in [3.63, 3.8) is 0 Å². The highest BCUT2D eigenvalue weighted by atomic mass is 32.2. The summed E-state index contributed by atoms with van der Waals surface area (Å²) < 4.78 is 33.6. The van der Waals surface area contributed by atoms with Crippen LogP contribution in [-0.4, -0.2) is 72.2 Å². The van der Waals surface area contributed by atoms with Crippen molar-refractivity contribution in [1.29, 1.82) is 10.5 Å². The molecule has 11 nitrogen and oxygen atoms in total. The molecule has 0 amide bonds. The van der Waals surface area contributed by atoms with Crippen molar-refractivity contribution < 1.29 is 13.5 Å². The van der Waals surface area contributed by atoms with E-state index in [1.807, 2.05) is 29.8 Å². The van der Waals surface area contributed by atoms with Crippen molar-refractivity contribution in [2.24, 2.45) is 0 Å². The Morgan fingerprint density at radius 2 is 1.95 bits per heavy atom. The quantitative estimate of drug-likeness (QED) is 0.382. The number of likely N-dealkylation sites (tertiary alicyclic amines) is 1. The summed E-state index contributed by atoms with van der Waals surface area (Å²) in [5.74, 6) is -0.821. The molecule has 15 heteroatoms. The molecule has 0 bridgehead atoms. The van der Waals surface area contributed by atoms with Crippen molar-refractivity contribution >= 4 is 45.6 Å². The third kappa shape index (κ3) is 5.12. The van der Waals surface area contributed by atoms with Crippen LogP contribution in [0.2, 0.25) is 0 Å². The third-order valence-electron chi connectivity index (χ3n) is 8.80. The minimum atomic E-state index is -2.73. The van der Waals surface area contributed by atoms with E-state index in [4.69, 9.17) is 21.2 Å². The molecule has 1 spiro atoms. The highest BCUT2D eigenvalue weighted by Crippen LogP contribution is 2.58. The number of halogens is 2. The van der Waals surface area contributed by atoms with Gasteiger partial charge < -0.3 is 26.0 Å². The van der Waals surface area contributed by atoms with Gasteiger partial charge in [-0.25, -0.2) is 13.8 Å². The average Bonchev–Trinajstić information content (AvgIpc) is 3.49. The summed E-state index contributed by atoms with van der Waals surface area (Å²) in [5.41, 5.74) is 14.9. The number of nitrogens with two attached hydrogens (primary N) is 2. The zero-order chi connectivity index (χ0) is 31.4. The molecule has 6 rings (SSSR count). The zero-order valence-corrected chi connectivity index (χ0v) is 26.2. The lowest BCUT2D eigenvalue weighted by Gasteiger charge is -2.48. The fourth-order valence-corrected chi connectivity index (χ4v) is 9.04. The zero-order valence-electron chi connectivity index (χ0n) is 24.5. The maximum absolute atomic E-state index is 13.9. The SMILES string of the molecule is C[C@H](c1cccnc1N)N(C)c1nc(OC[C@@H]2CCC(F)(F)CN2C)nc(N2CC3(C2)SCc2sc(N)c(C#N)c23)c1C#N. The average molecular weight is 639 g/mol. The first-order valence-corrected chi connectivity index (χ1v) is 15.9. The predicted octanol–water partition coefficient (Wildman–Crippen LogP) is 4.11. The van der Waals surface area contributed by atoms with Gasteiger partial charge in [-0.2, -0.15) is 20.5 Å². The number of aromatic nitrogens is 3. The Morgan fingerprint density at radius 3 is 2.64 bits per heavy atom. The Hall–Kier alpha value is -3.92. The molecule has 3 aromatic rings. The number of alkyl halides is 2. The maximum atomic E-state index is 13.9. The lowest BCUT2D eigenvalue weighted by molar-refractivity contribution is -0.0804. The number of nitrogens with zero attached hydrogens (tertiary/aromatic N) is 8. The highest BCUT2D eigenvalue weighted by molar-refractivity contribution is 8.00. The number of hydrogen-bond acceptors (Lipinski definition) is 13. The predicted molar refractivity (Wildman–Crippen MR) is 167 cm³/mol. The van der Waals surface area contributed by atoms with E-state index in [1.165, 1.54) is 11.3 Å². The maximum Gasteiger partial charge on any atom is 0.320 e. The van der Waals surface area contributed by atoms with E-state index in [0.29, 0.717) is 41.1 Å². The number of nitrogen functional groups attached to an aromatic ring is 2. The molecule has 2 saturated heterocycles. The smallest absolute Gasteiger partial charge is 0.320 e. The number of pyridine rings is 1. The molecule has 6 heterocycles. The third-order valence-corrected chi connectivity index (χ3v) is 11.4. The largest absolute Gasteiger partial charge is 0.462 e. The second-order valence-corrected chi connectivity index (χ2v) is 14.1. The molecule has 0 radical (unpaired) electrons. The van der Waals surface area contributed by atoms with Crippen LogP contribution in [0.1, 0.15) is 52.9 Å². The number of likely N-dealkylation sites (N-methyl/N-ethyl adjacent to an activating group) is 1. The molecule has 0 saturated carbocycles. The van der Waals surface area contributed by atoms with E-state index >= 15 is 0 Å². The fourth-order valence-electron chi connectivity index (χ4n) is 6.23. The molecule has 0 unspecified atom stereocenters. The first kappa shape index (κ1) is 30.1. The molecular weight excluding hydrogens is 607 g/mol. The van der Waals surface area contributed by atoms with Gasteiger partial charge in [0.15, 0.2) is 11.6 Å². The Labute approximate surface area is 262 Å². The lowest BCUT2D eigenvalue weighted by atomic mass is 9.88. The Bertz CT molecular complexity index is 1680. The van der Waals surface area contributed by atoms with Gasteiger partial charge in [0.25, 0.3) is 5.92 Å². The minimum Gasteiger partial charge on any atom is -0.462 e. The van der Waals surface area contributed by atoms with Gasteiger partial charge in [-0.1, -0.05) is 6.07 Å². The molecule has 3 aliphatic heterocycles. The number of thioether (sulfide) groups is 1. The number of ether oxygens (including phenoxy) is 1. The molecule has 44 heavy (non-hydrogen) atoms. The molecule has 230 valence electrons. The standard InChI is InChI=1S/C29H32F2N10OS2/c1-16(18-5-4-8-36-23(18)34)40(3)25-20(10-33)26(38-27(37-25)42-11-17-6-7-29(30,31)15-39(17)2)41-13-28(14-41)22-19(9-32)24(35)44-21(22)12-43-28/h4-5,8,16-17H,6-7,11-15,35H2,1-3H3,(H2,34,36)/t16-,17+/m1/s1. The van der Waals surface area contributed by atoms with E-state index in [0.717, 1.165) is 21.8 Å². The second kappa shape index (κ2) is 11.2. The van der Waals surface area contributed by atoms with Crippen molar-refractivity contribution in [3.8, 4) is 18.1 Å². The molecule has 0 aromatic carbocycles. The fraction of sp³-hybridized carbons (Fsp3) is 0.483. The van der Waals surface area contributed by atoms with Gasteiger partial charge in [0.2, 0.25) is 0 Å². The van der Waals surface area contributed by atoms with Gasteiger partial charge in [-0.15, -0.1) is 23.1 Å². The van der Waals surface area contributed by atoms with Gasteiger partial charge in [0.05, 0.1) is 22.9 Å². The van der Waals surface area contributed by atoms with Gasteiger partial charge in [-0.3, -0.25) is 4.90 Å². The van der Waals surface area contributed by atoms with E-state index in [2.05, 4.69) is 22.1 Å². The number of thiophene rings is 1. The van der Waals surface area contributed by atoms with Crippen LogP contribution in [0.25, 0.3) is 0 Å². The van der Waals surface area contributed by atoms with Crippen LogP contribution in [-0.2, 0) is 10.5 Å². The van der Waals surface area contributed by atoms with Crippen molar-refractivity contribution in [2.45, 2.75) is 48.3 Å². The van der Waals surface area contributed by atoms with Crippen molar-refractivity contribution in [3.05, 3.63) is 45.5 Å². The summed E-state index contributed by atoms with van der Waals surface area (Å²) in [5, 5.41) is 20.8. The molecule has 0 aliphatic carbocycles. The normalized spacial score (nSPS) is 20.8. The number of anilines is 4. The Kier molecular flexibility index (Phi) is 7.68. The Balaban J connectivity index is 1.34. The highest BCUT2D eigenvalue weighted by Gasteiger charge is 2.53. The van der Waals surface area contributed by atoms with Crippen LogP contribution in [0.4, 0.5) is 31.2 Å². The number of piperidine rings is 1. The topological polar surface area (TPSA) is 157 Å². The van der Waals surface area contributed by atoms with Crippen molar-refractivity contribution in [1.82, 2.24) is 19.9 Å². The summed E-state index contributed by atoms with van der Waals surface area (Å²) in [6.07, 6.45) is 1.68. The molecule has 3 aromatic heterocycles. The summed E-state index contributed by atoms with van der Waals surface area (Å²) in [7, 11) is 3.47. The van der Waals surface area contributed by atoms with Gasteiger partial charge in [-0.05, 0) is 26.5 Å². The number of rotatable bonds is 7. The molecular formula is C29H32F2N10OS2. The van der Waals surface area contributed by atoms with E-state index in [-0.39, 0.29) is 54.4 Å². The van der Waals surface area contributed by atoms with Crippen LogP contribution in [0.3, 0.4) is 0 Å². The number of hydrogen-bond donors (Lipinski definition) is 2. The van der Waals surface area contributed by atoms with Crippen LogP contribution in [0.15, 0.2) is 18.3 Å². The lowest BCUT2D eigenvalue weighted by Crippen LogP contribution is -2.57. The van der Waals surface area contributed by atoms with Gasteiger partial charge in [0, 0.05) is 60.6 Å².